The molecule has 0 aliphatic carbocycles. The van der Waals surface area contributed by atoms with Gasteiger partial charge in [-0.15, -0.1) is 0 Å². The summed E-state index contributed by atoms with van der Waals surface area (Å²) in [5, 5.41) is 14.3. The molecule has 0 atom stereocenters. The van der Waals surface area contributed by atoms with Gasteiger partial charge in [-0.05, 0) is 67.7 Å². The number of halogens is 4. The fourth-order valence-electron chi connectivity index (χ4n) is 4.72. The number of anilines is 2. The largest absolute Gasteiger partial charge is 0.490 e. The number of aliphatic carboxylic acids is 1. The molecule has 3 heterocycles. The minimum atomic E-state index is -5.08. The van der Waals surface area contributed by atoms with E-state index in [0.29, 0.717) is 32.0 Å². The Morgan fingerprint density at radius 3 is 2.46 bits per heavy atom. The first kappa shape index (κ1) is 38.1. The number of nitrogens with zero attached hydrogens (tertiary/aromatic N) is 4. The highest BCUT2D eigenvalue weighted by Crippen LogP contribution is 2.35. The van der Waals surface area contributed by atoms with Crippen molar-refractivity contribution in [2.45, 2.75) is 26.9 Å². The van der Waals surface area contributed by atoms with E-state index >= 15 is 0 Å². The number of carboxylic acids is 1. The molecule has 5 rings (SSSR count). The number of aromatic nitrogens is 1. The van der Waals surface area contributed by atoms with Gasteiger partial charge >= 0.3 is 18.1 Å². The number of carbonyl (C=O) groups excluding carboxylic acids is 3. The molecule has 1 aromatic heterocycles. The number of esters is 1. The molecule has 2 amide bonds. The Morgan fingerprint density at radius 2 is 1.84 bits per heavy atom. The number of alkyl halides is 3. The first-order valence-corrected chi connectivity index (χ1v) is 16.5. The molecule has 12 nitrogen and oxygen atoms in total. The number of carbonyl (C=O) groups is 4. The van der Waals surface area contributed by atoms with Gasteiger partial charge < -0.3 is 30.3 Å². The van der Waals surface area contributed by atoms with Gasteiger partial charge in [0.15, 0.2) is 5.17 Å². The van der Waals surface area contributed by atoms with Crippen LogP contribution in [0.2, 0.25) is 5.02 Å². The zero-order valence-electron chi connectivity index (χ0n) is 27.4. The van der Waals surface area contributed by atoms with Crippen LogP contribution in [0.3, 0.4) is 0 Å². The Hall–Kier alpha value is -4.67. The molecule has 50 heavy (non-hydrogen) atoms. The standard InChI is InChI=1S/C31H33ClN6O4S.C2HF3O2/c1-5-42-30(41)22-17-33-24-9-6-19(14-21(24)27(22)38-12-10-37(4)11-13-38)15-26-29(40)36-31(43-26)35-25-16-20(7-8-23(25)32)34-28(39)18(2)3;3-2(4,5)1(6)7/h6-9,14-18H,5,10-13H2,1-4H3,(H,34,39)(H,35,36,40);(H,6,7). The molecule has 266 valence electrons. The van der Waals surface area contributed by atoms with Crippen LogP contribution in [-0.2, 0) is 19.1 Å². The third kappa shape index (κ3) is 9.73. The third-order valence-corrected chi connectivity index (χ3v) is 8.56. The van der Waals surface area contributed by atoms with Crippen LogP contribution in [0.25, 0.3) is 17.0 Å². The van der Waals surface area contributed by atoms with Crippen molar-refractivity contribution in [3.63, 3.8) is 0 Å². The maximum absolute atomic E-state index is 12.9. The summed E-state index contributed by atoms with van der Waals surface area (Å²) in [6.45, 7) is 8.92. The number of amides is 2. The predicted octanol–water partition coefficient (Wildman–Crippen LogP) is 5.94. The summed E-state index contributed by atoms with van der Waals surface area (Å²) < 4.78 is 37.1. The number of hydrogen-bond acceptors (Lipinski definition) is 10. The van der Waals surface area contributed by atoms with Gasteiger partial charge in [0.2, 0.25) is 5.91 Å². The van der Waals surface area contributed by atoms with Crippen molar-refractivity contribution in [1.82, 2.24) is 15.2 Å². The summed E-state index contributed by atoms with van der Waals surface area (Å²) >= 11 is 7.56. The minimum absolute atomic E-state index is 0.120. The van der Waals surface area contributed by atoms with Crippen molar-refractivity contribution in [2.24, 2.45) is 10.9 Å². The number of thioether (sulfide) groups is 1. The monoisotopic (exact) mass is 734 g/mol. The average Bonchev–Trinajstić information content (AvgIpc) is 3.40. The van der Waals surface area contributed by atoms with Crippen molar-refractivity contribution >= 4 is 86.3 Å². The fraction of sp³-hybridized carbons (Fsp3) is 0.333. The molecule has 0 bridgehead atoms. The number of ether oxygens (including phenoxy) is 1. The minimum Gasteiger partial charge on any atom is -0.475 e. The molecule has 2 saturated heterocycles. The van der Waals surface area contributed by atoms with Gasteiger partial charge in [-0.3, -0.25) is 14.6 Å². The van der Waals surface area contributed by atoms with E-state index < -0.39 is 18.1 Å². The summed E-state index contributed by atoms with van der Waals surface area (Å²) in [4.78, 5) is 60.9. The molecule has 0 spiro atoms. The maximum atomic E-state index is 12.9. The van der Waals surface area contributed by atoms with Gasteiger partial charge in [-0.2, -0.15) is 13.2 Å². The van der Waals surface area contributed by atoms with E-state index in [2.05, 4.69) is 37.5 Å². The molecule has 0 radical (unpaired) electrons. The van der Waals surface area contributed by atoms with E-state index in [1.807, 2.05) is 32.0 Å². The Balaban J connectivity index is 0.000000727. The molecule has 2 aliphatic rings. The lowest BCUT2D eigenvalue weighted by atomic mass is 10.0. The molecule has 17 heteroatoms. The van der Waals surface area contributed by atoms with E-state index in [1.165, 1.54) is 11.8 Å². The topological polar surface area (TPSA) is 154 Å². The second kappa shape index (κ2) is 16.4. The zero-order valence-corrected chi connectivity index (χ0v) is 29.0. The summed E-state index contributed by atoms with van der Waals surface area (Å²) in [7, 11) is 2.08. The van der Waals surface area contributed by atoms with E-state index in [4.69, 9.17) is 26.2 Å². The zero-order chi connectivity index (χ0) is 36.7. The highest BCUT2D eigenvalue weighted by molar-refractivity contribution is 8.18. The predicted molar refractivity (Wildman–Crippen MR) is 187 cm³/mol. The van der Waals surface area contributed by atoms with Crippen molar-refractivity contribution in [1.29, 1.82) is 0 Å². The van der Waals surface area contributed by atoms with Crippen LogP contribution in [0.1, 0.15) is 36.7 Å². The number of carboxylic acid groups (broad SMARTS) is 1. The maximum Gasteiger partial charge on any atom is 0.490 e. The van der Waals surface area contributed by atoms with E-state index in [-0.39, 0.29) is 24.3 Å². The van der Waals surface area contributed by atoms with Crippen LogP contribution in [0.4, 0.5) is 30.2 Å². The van der Waals surface area contributed by atoms with E-state index in [1.54, 1.807) is 37.4 Å². The lowest BCUT2D eigenvalue weighted by Crippen LogP contribution is -2.45. The first-order chi connectivity index (χ1) is 23.6. The molecular weight excluding hydrogens is 701 g/mol. The number of amidine groups is 1. The molecule has 2 aliphatic heterocycles. The SMILES string of the molecule is CCOC(=O)c1cnc2ccc(C=C3SC(=Nc4cc(NC(=O)C(C)C)ccc4Cl)NC3=O)cc2c1N1CCN(C)CC1.O=C(O)C(F)(F)F. The molecule has 0 saturated carbocycles. The average molecular weight is 735 g/mol. The van der Waals surface area contributed by atoms with Crippen molar-refractivity contribution < 1.29 is 42.2 Å². The molecule has 2 aromatic carbocycles. The van der Waals surface area contributed by atoms with Crippen LogP contribution in [0, 0.1) is 5.92 Å². The number of piperazine rings is 1. The second-order valence-corrected chi connectivity index (χ2v) is 12.8. The van der Waals surface area contributed by atoms with Gasteiger partial charge in [0, 0.05) is 49.4 Å². The Morgan fingerprint density at radius 1 is 1.16 bits per heavy atom. The summed E-state index contributed by atoms with van der Waals surface area (Å²) in [5.74, 6) is -3.75. The van der Waals surface area contributed by atoms with Gasteiger partial charge in [0.05, 0.1) is 33.4 Å². The van der Waals surface area contributed by atoms with Gasteiger partial charge in [0.1, 0.15) is 5.56 Å². The Labute approximate surface area is 294 Å². The Kier molecular flexibility index (Phi) is 12.5. The third-order valence-electron chi connectivity index (χ3n) is 7.33. The van der Waals surface area contributed by atoms with Crippen LogP contribution >= 0.6 is 23.4 Å². The number of aliphatic imine (C=N–C) groups is 1. The van der Waals surface area contributed by atoms with Crippen LogP contribution < -0.4 is 15.5 Å². The number of nitrogens with one attached hydrogen (secondary N) is 2. The van der Waals surface area contributed by atoms with E-state index in [0.717, 1.165) is 48.3 Å². The summed E-state index contributed by atoms with van der Waals surface area (Å²) in [5.41, 5.74) is 3.73. The molecule has 2 fully saturated rings. The number of hydrogen-bond donors (Lipinski definition) is 3. The van der Waals surface area contributed by atoms with Gasteiger partial charge in [-0.1, -0.05) is 31.5 Å². The smallest absolute Gasteiger partial charge is 0.475 e. The fourth-order valence-corrected chi connectivity index (χ4v) is 5.71. The molecular formula is C33H34ClF3N6O6S. The quantitative estimate of drug-likeness (QED) is 0.197. The van der Waals surface area contributed by atoms with Crippen molar-refractivity contribution in [2.75, 3.05) is 50.1 Å². The number of likely N-dealkylation sites (N-methyl/N-ethyl adjacent to an activating group) is 1. The van der Waals surface area contributed by atoms with Gasteiger partial charge in [-0.25, -0.2) is 14.6 Å². The highest BCUT2D eigenvalue weighted by Gasteiger charge is 2.38. The molecule has 3 aromatic rings. The number of rotatable bonds is 7. The Bertz CT molecular complexity index is 1860. The molecule has 3 N–H and O–H groups in total. The highest BCUT2D eigenvalue weighted by atomic mass is 35.5. The van der Waals surface area contributed by atoms with Crippen molar-refractivity contribution in [3.05, 3.63) is 63.6 Å². The summed E-state index contributed by atoms with van der Waals surface area (Å²) in [6.07, 6.45) is -1.71. The first-order valence-electron chi connectivity index (χ1n) is 15.3. The van der Waals surface area contributed by atoms with Crippen molar-refractivity contribution in [3.8, 4) is 0 Å². The second-order valence-electron chi connectivity index (χ2n) is 11.4. The number of pyridine rings is 1. The molecule has 0 unspecified atom stereocenters. The van der Waals surface area contributed by atoms with Gasteiger partial charge in [0.25, 0.3) is 5.91 Å². The summed E-state index contributed by atoms with van der Waals surface area (Å²) in [6, 6.07) is 10.8. The van der Waals surface area contributed by atoms with Crippen LogP contribution in [0.15, 0.2) is 52.5 Å². The lowest BCUT2D eigenvalue weighted by Gasteiger charge is -2.35. The number of benzene rings is 2. The van der Waals surface area contributed by atoms with Crippen LogP contribution in [0.5, 0.6) is 0 Å². The van der Waals surface area contributed by atoms with E-state index in [9.17, 15) is 27.6 Å². The number of fused-ring (bicyclic) bond motifs is 1. The van der Waals surface area contributed by atoms with Crippen LogP contribution in [-0.4, -0.2) is 89.9 Å². The normalized spacial score (nSPS) is 16.7. The lowest BCUT2D eigenvalue weighted by molar-refractivity contribution is -0.192.